The second kappa shape index (κ2) is 7.47. The standard InChI is InChI=1S/C16H17NO6S3/c1-22-15(18)13-11(9-5-3-7-24-9)17-12(10-6-4-8-25-10)14(16(19)23-2)26(13,20)21/h3-8,11-14,17H,1-2H3/t11-,12+,13-,14+. The van der Waals surface area contributed by atoms with Gasteiger partial charge in [0.1, 0.15) is 0 Å². The number of carbonyl (C=O) groups is 2. The van der Waals surface area contributed by atoms with Crippen molar-refractivity contribution in [2.75, 3.05) is 14.2 Å². The van der Waals surface area contributed by atoms with Crippen LogP contribution in [-0.4, -0.2) is 45.1 Å². The van der Waals surface area contributed by atoms with Gasteiger partial charge in [-0.2, -0.15) is 0 Å². The Labute approximate surface area is 158 Å². The maximum absolute atomic E-state index is 13.3. The van der Waals surface area contributed by atoms with E-state index in [-0.39, 0.29) is 0 Å². The number of esters is 2. The van der Waals surface area contributed by atoms with E-state index in [9.17, 15) is 18.0 Å². The average molecular weight is 416 g/mol. The molecule has 0 aromatic carbocycles. The first kappa shape index (κ1) is 19.0. The number of methoxy groups -OCH3 is 2. The molecule has 10 heteroatoms. The average Bonchev–Trinajstić information content (AvgIpc) is 3.32. The number of hydrogen-bond acceptors (Lipinski definition) is 9. The van der Waals surface area contributed by atoms with Crippen LogP contribution in [0, 0.1) is 0 Å². The lowest BCUT2D eigenvalue weighted by Gasteiger charge is -2.39. The molecule has 0 bridgehead atoms. The lowest BCUT2D eigenvalue weighted by molar-refractivity contribution is -0.142. The quantitative estimate of drug-likeness (QED) is 0.759. The van der Waals surface area contributed by atoms with Crippen molar-refractivity contribution in [2.24, 2.45) is 0 Å². The second-order valence-corrected chi connectivity index (χ2v) is 9.78. The molecule has 0 spiro atoms. The van der Waals surface area contributed by atoms with Gasteiger partial charge in [0.15, 0.2) is 20.3 Å². The van der Waals surface area contributed by atoms with Crippen LogP contribution in [0.3, 0.4) is 0 Å². The molecule has 1 N–H and O–H groups in total. The minimum Gasteiger partial charge on any atom is -0.468 e. The molecule has 140 valence electrons. The van der Waals surface area contributed by atoms with E-state index in [4.69, 9.17) is 9.47 Å². The van der Waals surface area contributed by atoms with Gasteiger partial charge in [-0.25, -0.2) is 8.42 Å². The third-order valence-electron chi connectivity index (χ3n) is 4.24. The molecule has 0 saturated carbocycles. The van der Waals surface area contributed by atoms with Crippen molar-refractivity contribution >= 4 is 44.4 Å². The maximum atomic E-state index is 13.3. The van der Waals surface area contributed by atoms with E-state index in [1.807, 2.05) is 0 Å². The van der Waals surface area contributed by atoms with Gasteiger partial charge in [0, 0.05) is 9.75 Å². The molecule has 1 fully saturated rings. The smallest absolute Gasteiger partial charge is 0.326 e. The molecule has 26 heavy (non-hydrogen) atoms. The van der Waals surface area contributed by atoms with Crippen molar-refractivity contribution in [3.63, 3.8) is 0 Å². The fraction of sp³-hybridized carbons (Fsp3) is 0.375. The summed E-state index contributed by atoms with van der Waals surface area (Å²) in [5, 5.41) is 3.71. The summed E-state index contributed by atoms with van der Waals surface area (Å²) in [6.07, 6.45) is 0. The zero-order chi connectivity index (χ0) is 18.9. The molecule has 0 radical (unpaired) electrons. The van der Waals surface area contributed by atoms with Crippen LogP contribution in [0.2, 0.25) is 0 Å². The Bertz CT molecular complexity index is 809. The molecule has 3 rings (SSSR count). The molecule has 3 heterocycles. The van der Waals surface area contributed by atoms with Gasteiger partial charge in [0.25, 0.3) is 0 Å². The molecule has 4 atom stereocenters. The monoisotopic (exact) mass is 415 g/mol. The lowest BCUT2D eigenvalue weighted by atomic mass is 10.1. The predicted molar refractivity (Wildman–Crippen MR) is 97.8 cm³/mol. The van der Waals surface area contributed by atoms with E-state index in [2.05, 4.69) is 5.32 Å². The Balaban J connectivity index is 2.17. The molecule has 2 aromatic heterocycles. The minimum absolute atomic E-state index is 0.675. The van der Waals surface area contributed by atoms with E-state index < -0.39 is 44.4 Å². The fourth-order valence-corrected chi connectivity index (χ4v) is 7.15. The first-order valence-electron chi connectivity index (χ1n) is 7.63. The lowest BCUT2D eigenvalue weighted by Crippen LogP contribution is -2.59. The number of nitrogens with one attached hydrogen (secondary N) is 1. The van der Waals surface area contributed by atoms with Gasteiger partial charge in [-0.3, -0.25) is 14.9 Å². The van der Waals surface area contributed by atoms with Crippen LogP contribution in [0.1, 0.15) is 21.8 Å². The molecule has 0 aliphatic carbocycles. The molecule has 1 aliphatic rings. The van der Waals surface area contributed by atoms with Crippen LogP contribution in [0.4, 0.5) is 0 Å². The Hall–Kier alpha value is -1.75. The van der Waals surface area contributed by atoms with Gasteiger partial charge in [0.05, 0.1) is 26.3 Å². The van der Waals surface area contributed by atoms with E-state index in [0.717, 1.165) is 14.2 Å². The highest BCUT2D eigenvalue weighted by molar-refractivity contribution is 7.94. The fourth-order valence-electron chi connectivity index (χ4n) is 3.08. The Kier molecular flexibility index (Phi) is 5.47. The van der Waals surface area contributed by atoms with E-state index >= 15 is 0 Å². The first-order valence-corrected chi connectivity index (χ1v) is 11.0. The van der Waals surface area contributed by atoms with Gasteiger partial charge < -0.3 is 9.47 Å². The third-order valence-corrected chi connectivity index (χ3v) is 8.49. The SMILES string of the molecule is COC(=O)[C@@H]1[C@H](c2cccs2)N[C@H](c2cccs2)[C@H](C(=O)OC)S1(=O)=O. The Morgan fingerprint density at radius 3 is 1.65 bits per heavy atom. The van der Waals surface area contributed by atoms with Gasteiger partial charge in [-0.15, -0.1) is 22.7 Å². The predicted octanol–water partition coefficient (Wildman–Crippen LogP) is 1.69. The normalized spacial score (nSPS) is 27.6. The molecule has 2 aromatic rings. The van der Waals surface area contributed by atoms with Crippen molar-refractivity contribution in [3.8, 4) is 0 Å². The van der Waals surface area contributed by atoms with Crippen LogP contribution < -0.4 is 5.32 Å². The topological polar surface area (TPSA) is 98.8 Å². The highest BCUT2D eigenvalue weighted by Crippen LogP contribution is 2.41. The highest BCUT2D eigenvalue weighted by atomic mass is 32.2. The number of carbonyl (C=O) groups excluding carboxylic acids is 2. The zero-order valence-corrected chi connectivity index (χ0v) is 16.4. The van der Waals surface area contributed by atoms with Crippen molar-refractivity contribution in [1.29, 1.82) is 0 Å². The van der Waals surface area contributed by atoms with E-state index in [1.54, 1.807) is 35.0 Å². The van der Waals surface area contributed by atoms with Gasteiger partial charge in [-0.1, -0.05) is 12.1 Å². The van der Waals surface area contributed by atoms with Gasteiger partial charge in [-0.05, 0) is 22.9 Å². The molecular formula is C16H17NO6S3. The van der Waals surface area contributed by atoms with Gasteiger partial charge in [0.2, 0.25) is 0 Å². The Morgan fingerprint density at radius 2 is 1.35 bits per heavy atom. The number of hydrogen-bond donors (Lipinski definition) is 1. The Morgan fingerprint density at radius 1 is 0.923 bits per heavy atom. The van der Waals surface area contributed by atoms with Crippen molar-refractivity contribution in [3.05, 3.63) is 44.8 Å². The third kappa shape index (κ3) is 3.18. The molecular weight excluding hydrogens is 398 g/mol. The van der Waals surface area contributed by atoms with Crippen LogP contribution >= 0.6 is 22.7 Å². The zero-order valence-electron chi connectivity index (χ0n) is 13.9. The van der Waals surface area contributed by atoms with Crippen molar-refractivity contribution < 1.29 is 27.5 Å². The summed E-state index contributed by atoms with van der Waals surface area (Å²) in [4.78, 5) is 26.1. The van der Waals surface area contributed by atoms with Gasteiger partial charge >= 0.3 is 11.9 Å². The van der Waals surface area contributed by atoms with E-state index in [0.29, 0.717) is 9.75 Å². The maximum Gasteiger partial charge on any atom is 0.326 e. The summed E-state index contributed by atoms with van der Waals surface area (Å²) in [6.45, 7) is 0. The number of thiophene rings is 2. The first-order chi connectivity index (χ1) is 12.4. The van der Waals surface area contributed by atoms with Crippen molar-refractivity contribution in [2.45, 2.75) is 22.6 Å². The molecule has 0 unspecified atom stereocenters. The summed E-state index contributed by atoms with van der Waals surface area (Å²) >= 11 is 2.66. The van der Waals surface area contributed by atoms with E-state index in [1.165, 1.54) is 22.7 Å². The summed E-state index contributed by atoms with van der Waals surface area (Å²) in [5.41, 5.74) is 0. The largest absolute Gasteiger partial charge is 0.468 e. The van der Waals surface area contributed by atoms with Crippen LogP contribution in [0.15, 0.2) is 35.0 Å². The van der Waals surface area contributed by atoms with Crippen LogP contribution in [0.5, 0.6) is 0 Å². The number of rotatable bonds is 4. The summed E-state index contributed by atoms with van der Waals surface area (Å²) in [5.74, 6) is -1.82. The number of ether oxygens (including phenoxy) is 2. The molecule has 7 nitrogen and oxygen atoms in total. The van der Waals surface area contributed by atoms with Crippen LogP contribution in [0.25, 0.3) is 0 Å². The number of sulfone groups is 1. The second-order valence-electron chi connectivity index (χ2n) is 5.63. The minimum atomic E-state index is -4.24. The highest BCUT2D eigenvalue weighted by Gasteiger charge is 2.57. The molecule has 0 amide bonds. The van der Waals surface area contributed by atoms with Crippen molar-refractivity contribution in [1.82, 2.24) is 5.32 Å². The van der Waals surface area contributed by atoms with Crippen LogP contribution in [-0.2, 0) is 28.9 Å². The summed E-state index contributed by atoms with van der Waals surface area (Å²) < 4.78 is 36.1. The molecule has 1 aliphatic heterocycles. The summed E-state index contributed by atoms with van der Waals surface area (Å²) in [7, 11) is -1.98. The summed E-state index contributed by atoms with van der Waals surface area (Å²) in [6, 6.07) is 5.40. The molecule has 1 saturated heterocycles.